The van der Waals surface area contributed by atoms with Gasteiger partial charge in [0.05, 0.1) is 11.3 Å². The van der Waals surface area contributed by atoms with Gasteiger partial charge in [0, 0.05) is 32.2 Å². The second-order valence-electron chi connectivity index (χ2n) is 5.42. The summed E-state index contributed by atoms with van der Waals surface area (Å²) in [6.45, 7) is 9.43. The third kappa shape index (κ3) is 3.12. The molecule has 1 atom stereocenters. The molecule has 1 fully saturated rings. The van der Waals surface area contributed by atoms with Gasteiger partial charge in [0.1, 0.15) is 6.07 Å². The molecule has 0 bridgehead atoms. The lowest BCUT2D eigenvalue weighted by atomic mass is 10.1. The normalized spacial score (nSPS) is 19.9. The van der Waals surface area contributed by atoms with E-state index < -0.39 is 0 Å². The van der Waals surface area contributed by atoms with Crippen molar-refractivity contribution in [2.45, 2.75) is 26.4 Å². The van der Waals surface area contributed by atoms with Crippen molar-refractivity contribution in [3.05, 3.63) is 29.3 Å². The summed E-state index contributed by atoms with van der Waals surface area (Å²) in [5.41, 5.74) is 3.03. The number of piperazine rings is 1. The number of rotatable bonds is 4. The fourth-order valence-corrected chi connectivity index (χ4v) is 2.95. The van der Waals surface area contributed by atoms with E-state index in [0.717, 1.165) is 49.5 Å². The average Bonchev–Trinajstić information content (AvgIpc) is 2.47. The first kappa shape index (κ1) is 14.8. The minimum atomic E-state index is 0.539. The predicted molar refractivity (Wildman–Crippen MR) is 82.8 cm³/mol. The molecule has 0 spiro atoms. The van der Waals surface area contributed by atoms with E-state index >= 15 is 0 Å². The molecule has 0 aromatic heterocycles. The SMILES string of the molecule is CCN1CCN(c2ccc(CNC)cc2C#N)CC1C. The lowest BCUT2D eigenvalue weighted by molar-refractivity contribution is 0.199. The lowest BCUT2D eigenvalue weighted by Crippen LogP contribution is -2.51. The van der Waals surface area contributed by atoms with Crippen LogP contribution >= 0.6 is 0 Å². The number of anilines is 1. The van der Waals surface area contributed by atoms with Gasteiger partial charge >= 0.3 is 0 Å². The first-order chi connectivity index (χ1) is 9.69. The smallest absolute Gasteiger partial charge is 0.101 e. The van der Waals surface area contributed by atoms with Crippen molar-refractivity contribution in [2.24, 2.45) is 0 Å². The third-order valence-corrected chi connectivity index (χ3v) is 4.07. The topological polar surface area (TPSA) is 42.3 Å². The Morgan fingerprint density at radius 3 is 2.80 bits per heavy atom. The van der Waals surface area contributed by atoms with Gasteiger partial charge in [-0.05, 0) is 38.2 Å². The van der Waals surface area contributed by atoms with Gasteiger partial charge in [-0.15, -0.1) is 0 Å². The van der Waals surface area contributed by atoms with E-state index in [1.807, 2.05) is 13.1 Å². The molecule has 20 heavy (non-hydrogen) atoms. The lowest BCUT2D eigenvalue weighted by Gasteiger charge is -2.40. The second kappa shape index (κ2) is 6.74. The fourth-order valence-electron chi connectivity index (χ4n) is 2.95. The highest BCUT2D eigenvalue weighted by Gasteiger charge is 2.23. The Bertz CT molecular complexity index is 492. The molecule has 0 aliphatic carbocycles. The minimum absolute atomic E-state index is 0.539. The van der Waals surface area contributed by atoms with E-state index in [1.54, 1.807) is 0 Å². The van der Waals surface area contributed by atoms with Gasteiger partial charge in [-0.1, -0.05) is 13.0 Å². The first-order valence-corrected chi connectivity index (χ1v) is 7.36. The van der Waals surface area contributed by atoms with Crippen LogP contribution < -0.4 is 10.2 Å². The van der Waals surface area contributed by atoms with Gasteiger partial charge in [0.25, 0.3) is 0 Å². The number of nitrogens with one attached hydrogen (secondary N) is 1. The summed E-state index contributed by atoms with van der Waals surface area (Å²) >= 11 is 0. The third-order valence-electron chi connectivity index (χ3n) is 4.07. The first-order valence-electron chi connectivity index (χ1n) is 7.36. The molecule has 1 unspecified atom stereocenters. The zero-order valence-electron chi connectivity index (χ0n) is 12.7. The maximum absolute atomic E-state index is 9.40. The summed E-state index contributed by atoms with van der Waals surface area (Å²) in [6, 6.07) is 9.10. The molecule has 1 aromatic rings. The molecular weight excluding hydrogens is 248 g/mol. The summed E-state index contributed by atoms with van der Waals surface area (Å²) < 4.78 is 0. The minimum Gasteiger partial charge on any atom is -0.368 e. The Morgan fingerprint density at radius 2 is 2.20 bits per heavy atom. The molecule has 0 amide bonds. The van der Waals surface area contributed by atoms with Gasteiger partial charge < -0.3 is 10.2 Å². The van der Waals surface area contributed by atoms with E-state index in [4.69, 9.17) is 0 Å². The van der Waals surface area contributed by atoms with Crippen molar-refractivity contribution >= 4 is 5.69 Å². The Kier molecular flexibility index (Phi) is 4.99. The molecular formula is C16H24N4. The fraction of sp³-hybridized carbons (Fsp3) is 0.562. The van der Waals surface area contributed by atoms with Gasteiger partial charge in [-0.3, -0.25) is 4.90 Å². The van der Waals surface area contributed by atoms with Crippen molar-refractivity contribution < 1.29 is 0 Å². The molecule has 1 aromatic carbocycles. The molecule has 2 rings (SSSR count). The Balaban J connectivity index is 2.19. The Morgan fingerprint density at radius 1 is 1.40 bits per heavy atom. The van der Waals surface area contributed by atoms with E-state index in [1.165, 1.54) is 0 Å². The van der Waals surface area contributed by atoms with E-state index in [0.29, 0.717) is 6.04 Å². The van der Waals surface area contributed by atoms with Crippen LogP contribution in [0, 0.1) is 11.3 Å². The Labute approximate surface area is 122 Å². The molecule has 4 nitrogen and oxygen atoms in total. The summed E-state index contributed by atoms with van der Waals surface area (Å²) in [7, 11) is 1.92. The van der Waals surface area contributed by atoms with E-state index in [9.17, 15) is 5.26 Å². The molecule has 4 heteroatoms. The molecule has 1 aliphatic heterocycles. The van der Waals surface area contributed by atoms with Gasteiger partial charge in [-0.25, -0.2) is 0 Å². The second-order valence-corrected chi connectivity index (χ2v) is 5.42. The van der Waals surface area contributed by atoms with Crippen molar-refractivity contribution in [1.82, 2.24) is 10.2 Å². The van der Waals surface area contributed by atoms with Crippen molar-refractivity contribution in [3.8, 4) is 6.07 Å². The van der Waals surface area contributed by atoms with Gasteiger partial charge in [-0.2, -0.15) is 5.26 Å². The largest absolute Gasteiger partial charge is 0.368 e. The van der Waals surface area contributed by atoms with E-state index in [-0.39, 0.29) is 0 Å². The summed E-state index contributed by atoms with van der Waals surface area (Å²) in [5, 5.41) is 12.5. The van der Waals surface area contributed by atoms with Crippen LogP contribution in [-0.4, -0.2) is 44.2 Å². The molecule has 1 heterocycles. The molecule has 0 saturated carbocycles. The number of nitrogens with zero attached hydrogens (tertiary/aromatic N) is 3. The van der Waals surface area contributed by atoms with Gasteiger partial charge in [0.2, 0.25) is 0 Å². The monoisotopic (exact) mass is 272 g/mol. The molecule has 108 valence electrons. The number of hydrogen-bond acceptors (Lipinski definition) is 4. The predicted octanol–water partition coefficient (Wildman–Crippen LogP) is 1.81. The zero-order valence-corrected chi connectivity index (χ0v) is 12.7. The van der Waals surface area contributed by atoms with E-state index in [2.05, 4.69) is 47.2 Å². The highest BCUT2D eigenvalue weighted by molar-refractivity contribution is 5.61. The van der Waals surface area contributed by atoms with Crippen LogP contribution in [0.5, 0.6) is 0 Å². The molecule has 1 aliphatic rings. The van der Waals surface area contributed by atoms with Crippen LogP contribution in [0.15, 0.2) is 18.2 Å². The van der Waals surface area contributed by atoms with Gasteiger partial charge in [0.15, 0.2) is 0 Å². The quantitative estimate of drug-likeness (QED) is 0.907. The summed E-state index contributed by atoms with van der Waals surface area (Å²) in [6.07, 6.45) is 0. The molecule has 0 radical (unpaired) electrons. The van der Waals surface area contributed by atoms with Crippen LogP contribution in [-0.2, 0) is 6.54 Å². The Hall–Kier alpha value is -1.57. The number of nitriles is 1. The average molecular weight is 272 g/mol. The number of benzene rings is 1. The summed E-state index contributed by atoms with van der Waals surface area (Å²) in [5.74, 6) is 0. The van der Waals surface area contributed by atoms with Crippen LogP contribution in [0.25, 0.3) is 0 Å². The maximum atomic E-state index is 9.40. The van der Waals surface area contributed by atoms with Crippen molar-refractivity contribution in [3.63, 3.8) is 0 Å². The molecule has 1 N–H and O–H groups in total. The van der Waals surface area contributed by atoms with Crippen LogP contribution in [0.2, 0.25) is 0 Å². The van der Waals surface area contributed by atoms with Crippen LogP contribution in [0.1, 0.15) is 25.0 Å². The van der Waals surface area contributed by atoms with Crippen LogP contribution in [0.4, 0.5) is 5.69 Å². The standard InChI is InChI=1S/C16H24N4/c1-4-19-7-8-20(12-13(19)2)16-6-5-14(11-18-3)9-15(16)10-17/h5-6,9,13,18H,4,7-8,11-12H2,1-3H3. The van der Waals surface area contributed by atoms with Crippen molar-refractivity contribution in [2.75, 3.05) is 38.1 Å². The number of hydrogen-bond donors (Lipinski definition) is 1. The summed E-state index contributed by atoms with van der Waals surface area (Å²) in [4.78, 5) is 4.83. The highest BCUT2D eigenvalue weighted by Crippen LogP contribution is 2.24. The van der Waals surface area contributed by atoms with Crippen LogP contribution in [0.3, 0.4) is 0 Å². The highest BCUT2D eigenvalue weighted by atomic mass is 15.3. The maximum Gasteiger partial charge on any atom is 0.101 e. The molecule has 1 saturated heterocycles. The number of likely N-dealkylation sites (N-methyl/N-ethyl adjacent to an activating group) is 1. The van der Waals surface area contributed by atoms with Crippen molar-refractivity contribution in [1.29, 1.82) is 5.26 Å². The zero-order chi connectivity index (χ0) is 14.5.